The number of carboxylic acids is 1. The molecular formula is C15H12BrNO4. The summed E-state index contributed by atoms with van der Waals surface area (Å²) in [6, 6.07) is 10.9. The van der Waals surface area contributed by atoms with Gasteiger partial charge in [0.05, 0.1) is 11.1 Å². The zero-order valence-electron chi connectivity index (χ0n) is 10.8. The maximum absolute atomic E-state index is 12.0. The lowest BCUT2D eigenvalue weighted by Gasteiger charge is -2.08. The predicted octanol–water partition coefficient (Wildman–Crippen LogP) is 2.78. The van der Waals surface area contributed by atoms with Crippen molar-refractivity contribution in [2.45, 2.75) is 6.54 Å². The molecule has 0 aliphatic carbocycles. The van der Waals surface area contributed by atoms with Crippen LogP contribution in [0.2, 0.25) is 0 Å². The third-order valence-corrected chi connectivity index (χ3v) is 3.32. The third kappa shape index (κ3) is 3.82. The molecule has 21 heavy (non-hydrogen) atoms. The first-order valence-corrected chi connectivity index (χ1v) is 6.85. The van der Waals surface area contributed by atoms with Crippen molar-refractivity contribution in [3.05, 3.63) is 63.6 Å². The van der Waals surface area contributed by atoms with E-state index in [9.17, 15) is 14.7 Å². The molecule has 0 aromatic heterocycles. The average molecular weight is 350 g/mol. The summed E-state index contributed by atoms with van der Waals surface area (Å²) in [5.74, 6) is -1.57. The zero-order chi connectivity index (χ0) is 15.4. The third-order valence-electron chi connectivity index (χ3n) is 2.83. The van der Waals surface area contributed by atoms with E-state index < -0.39 is 11.9 Å². The van der Waals surface area contributed by atoms with Crippen LogP contribution in [0.3, 0.4) is 0 Å². The summed E-state index contributed by atoms with van der Waals surface area (Å²) in [5.41, 5.74) is 0.987. The van der Waals surface area contributed by atoms with Crippen molar-refractivity contribution in [1.82, 2.24) is 5.32 Å². The van der Waals surface area contributed by atoms with Crippen LogP contribution in [0.15, 0.2) is 46.9 Å². The van der Waals surface area contributed by atoms with Gasteiger partial charge in [0, 0.05) is 11.0 Å². The second kappa shape index (κ2) is 6.41. The first-order valence-electron chi connectivity index (χ1n) is 6.06. The summed E-state index contributed by atoms with van der Waals surface area (Å²) < 4.78 is 0.672. The van der Waals surface area contributed by atoms with Gasteiger partial charge in [-0.2, -0.15) is 0 Å². The number of amides is 1. The summed E-state index contributed by atoms with van der Waals surface area (Å²) in [7, 11) is 0. The number of halogens is 1. The molecular weight excluding hydrogens is 338 g/mol. The summed E-state index contributed by atoms with van der Waals surface area (Å²) in [6.07, 6.45) is 0. The molecule has 0 fully saturated rings. The SMILES string of the molecule is O=C(O)c1cccc(CNC(=O)c2ccc(Br)cc2O)c1. The Labute approximate surface area is 129 Å². The monoisotopic (exact) mass is 349 g/mol. The van der Waals surface area contributed by atoms with Gasteiger partial charge in [-0.25, -0.2) is 4.79 Å². The topological polar surface area (TPSA) is 86.6 Å². The van der Waals surface area contributed by atoms with Gasteiger partial charge < -0.3 is 15.5 Å². The number of carbonyl (C=O) groups excluding carboxylic acids is 1. The van der Waals surface area contributed by atoms with Crippen molar-refractivity contribution in [2.24, 2.45) is 0 Å². The van der Waals surface area contributed by atoms with Crippen LogP contribution in [-0.2, 0) is 6.54 Å². The first kappa shape index (κ1) is 15.1. The van der Waals surface area contributed by atoms with Gasteiger partial charge in [0.1, 0.15) is 5.75 Å². The van der Waals surface area contributed by atoms with Gasteiger partial charge in [-0.15, -0.1) is 0 Å². The van der Waals surface area contributed by atoms with E-state index in [1.54, 1.807) is 18.2 Å². The number of nitrogens with one attached hydrogen (secondary N) is 1. The Balaban J connectivity index is 2.07. The number of benzene rings is 2. The van der Waals surface area contributed by atoms with Gasteiger partial charge in [-0.05, 0) is 35.9 Å². The number of aromatic hydroxyl groups is 1. The standard InChI is InChI=1S/C15H12BrNO4/c16-11-4-5-12(13(18)7-11)14(19)17-8-9-2-1-3-10(6-9)15(20)21/h1-7,18H,8H2,(H,17,19)(H,20,21). The number of carboxylic acid groups (broad SMARTS) is 1. The van der Waals surface area contributed by atoms with E-state index in [0.29, 0.717) is 10.0 Å². The minimum absolute atomic E-state index is 0.124. The fraction of sp³-hybridized carbons (Fsp3) is 0.0667. The molecule has 2 aromatic rings. The van der Waals surface area contributed by atoms with Crippen molar-refractivity contribution >= 4 is 27.8 Å². The van der Waals surface area contributed by atoms with E-state index in [-0.39, 0.29) is 23.4 Å². The van der Waals surface area contributed by atoms with Gasteiger partial charge in [-0.1, -0.05) is 28.1 Å². The van der Waals surface area contributed by atoms with Gasteiger partial charge in [0.15, 0.2) is 0 Å². The lowest BCUT2D eigenvalue weighted by molar-refractivity contribution is 0.0696. The Morgan fingerprint density at radius 2 is 1.90 bits per heavy atom. The molecule has 0 saturated heterocycles. The van der Waals surface area contributed by atoms with Crippen molar-refractivity contribution in [2.75, 3.05) is 0 Å². The number of rotatable bonds is 4. The highest BCUT2D eigenvalue weighted by Crippen LogP contribution is 2.22. The number of phenols is 1. The normalized spacial score (nSPS) is 10.1. The molecule has 0 radical (unpaired) electrons. The molecule has 0 bridgehead atoms. The van der Waals surface area contributed by atoms with Crippen LogP contribution in [0, 0.1) is 0 Å². The number of phenolic OH excluding ortho intramolecular Hbond substituents is 1. The van der Waals surface area contributed by atoms with E-state index in [1.165, 1.54) is 24.3 Å². The van der Waals surface area contributed by atoms with Crippen LogP contribution < -0.4 is 5.32 Å². The van der Waals surface area contributed by atoms with Crippen molar-refractivity contribution in [3.63, 3.8) is 0 Å². The van der Waals surface area contributed by atoms with Gasteiger partial charge >= 0.3 is 5.97 Å². The maximum atomic E-state index is 12.0. The molecule has 1 amide bonds. The molecule has 6 heteroatoms. The van der Waals surface area contributed by atoms with Gasteiger partial charge in [0.2, 0.25) is 0 Å². The molecule has 0 heterocycles. The molecule has 2 aromatic carbocycles. The number of aromatic carboxylic acids is 1. The summed E-state index contributed by atoms with van der Waals surface area (Å²) in [4.78, 5) is 22.8. The molecule has 2 rings (SSSR count). The van der Waals surface area contributed by atoms with E-state index in [1.807, 2.05) is 0 Å². The molecule has 0 spiro atoms. The second-order valence-electron chi connectivity index (χ2n) is 4.35. The van der Waals surface area contributed by atoms with Gasteiger partial charge in [0.25, 0.3) is 5.91 Å². The zero-order valence-corrected chi connectivity index (χ0v) is 12.4. The highest BCUT2D eigenvalue weighted by atomic mass is 79.9. The fourth-order valence-electron chi connectivity index (χ4n) is 1.79. The molecule has 0 atom stereocenters. The molecule has 0 unspecified atom stereocenters. The predicted molar refractivity (Wildman–Crippen MR) is 80.4 cm³/mol. The minimum Gasteiger partial charge on any atom is -0.507 e. The molecule has 0 aliphatic heterocycles. The molecule has 3 N–H and O–H groups in total. The maximum Gasteiger partial charge on any atom is 0.335 e. The van der Waals surface area contributed by atoms with Crippen molar-refractivity contribution < 1.29 is 19.8 Å². The Kier molecular flexibility index (Phi) is 4.59. The minimum atomic E-state index is -1.02. The van der Waals surface area contributed by atoms with Crippen LogP contribution in [0.1, 0.15) is 26.3 Å². The Morgan fingerprint density at radius 1 is 1.14 bits per heavy atom. The first-order chi connectivity index (χ1) is 9.97. The summed E-state index contributed by atoms with van der Waals surface area (Å²) >= 11 is 3.20. The number of carbonyl (C=O) groups is 2. The molecule has 0 aliphatic rings. The summed E-state index contributed by atoms with van der Waals surface area (Å²) in [6.45, 7) is 0.176. The smallest absolute Gasteiger partial charge is 0.335 e. The lowest BCUT2D eigenvalue weighted by atomic mass is 10.1. The molecule has 5 nitrogen and oxygen atoms in total. The molecule has 108 valence electrons. The fourth-order valence-corrected chi connectivity index (χ4v) is 2.14. The quantitative estimate of drug-likeness (QED) is 0.791. The van der Waals surface area contributed by atoms with Crippen LogP contribution in [0.5, 0.6) is 5.75 Å². The average Bonchev–Trinajstić information content (AvgIpc) is 2.45. The highest BCUT2D eigenvalue weighted by Gasteiger charge is 2.11. The van der Waals surface area contributed by atoms with E-state index in [0.717, 1.165) is 0 Å². The van der Waals surface area contributed by atoms with Crippen LogP contribution >= 0.6 is 15.9 Å². The largest absolute Gasteiger partial charge is 0.507 e. The second-order valence-corrected chi connectivity index (χ2v) is 5.27. The number of hydrogen-bond acceptors (Lipinski definition) is 3. The summed E-state index contributed by atoms with van der Waals surface area (Å²) in [5, 5.41) is 21.2. The molecule has 0 saturated carbocycles. The highest BCUT2D eigenvalue weighted by molar-refractivity contribution is 9.10. The lowest BCUT2D eigenvalue weighted by Crippen LogP contribution is -2.23. The Hall–Kier alpha value is -2.34. The van der Waals surface area contributed by atoms with E-state index in [2.05, 4.69) is 21.2 Å². The van der Waals surface area contributed by atoms with Crippen LogP contribution in [0.4, 0.5) is 0 Å². The van der Waals surface area contributed by atoms with E-state index >= 15 is 0 Å². The van der Waals surface area contributed by atoms with E-state index in [4.69, 9.17) is 5.11 Å². The Bertz CT molecular complexity index is 700. The van der Waals surface area contributed by atoms with Crippen LogP contribution in [-0.4, -0.2) is 22.1 Å². The number of hydrogen-bond donors (Lipinski definition) is 3. The van der Waals surface area contributed by atoms with Gasteiger partial charge in [-0.3, -0.25) is 4.79 Å². The van der Waals surface area contributed by atoms with Crippen LogP contribution in [0.25, 0.3) is 0 Å². The Morgan fingerprint density at radius 3 is 2.57 bits per heavy atom. The van der Waals surface area contributed by atoms with Crippen molar-refractivity contribution in [1.29, 1.82) is 0 Å². The van der Waals surface area contributed by atoms with Crippen molar-refractivity contribution in [3.8, 4) is 5.75 Å².